The Hall–Kier alpha value is -3.93. The van der Waals surface area contributed by atoms with Gasteiger partial charge in [-0.2, -0.15) is 18.3 Å². The molecule has 12 heteroatoms. The number of nitrogens with zero attached hydrogens (tertiary/aromatic N) is 2. The highest BCUT2D eigenvalue weighted by Crippen LogP contribution is 2.31. The number of rotatable bonds is 10. The third kappa shape index (κ3) is 8.10. The van der Waals surface area contributed by atoms with E-state index in [0.29, 0.717) is 22.1 Å². The fourth-order valence-electron chi connectivity index (χ4n) is 2.78. The molecule has 0 aliphatic heterocycles. The van der Waals surface area contributed by atoms with Crippen molar-refractivity contribution in [2.45, 2.75) is 19.5 Å². The van der Waals surface area contributed by atoms with Crippen LogP contribution < -0.4 is 15.5 Å². The van der Waals surface area contributed by atoms with E-state index in [1.54, 1.807) is 36.6 Å². The number of alkyl halides is 3. The maximum Gasteiger partial charge on any atom is 0.416 e. The number of halogens is 3. The summed E-state index contributed by atoms with van der Waals surface area (Å²) >= 11 is 1.16. The molecule has 1 aromatic heterocycles. The third-order valence-electron chi connectivity index (χ3n) is 4.30. The summed E-state index contributed by atoms with van der Waals surface area (Å²) in [6.07, 6.45) is -3.16. The second-order valence-electron chi connectivity index (χ2n) is 6.95. The molecule has 0 unspecified atom stereocenters. The van der Waals surface area contributed by atoms with Crippen molar-refractivity contribution in [1.82, 2.24) is 10.4 Å². The van der Waals surface area contributed by atoms with Gasteiger partial charge in [0.05, 0.1) is 30.5 Å². The second kappa shape index (κ2) is 12.0. The van der Waals surface area contributed by atoms with E-state index in [0.717, 1.165) is 23.5 Å². The van der Waals surface area contributed by atoms with Crippen LogP contribution in [0.2, 0.25) is 0 Å². The highest BCUT2D eigenvalue weighted by atomic mass is 32.1. The first-order valence-electron chi connectivity index (χ1n) is 10.3. The van der Waals surface area contributed by atoms with Crippen LogP contribution in [-0.2, 0) is 26.9 Å². The number of anilines is 2. The summed E-state index contributed by atoms with van der Waals surface area (Å²) in [7, 11) is 0. The van der Waals surface area contributed by atoms with Crippen LogP contribution in [0.25, 0.3) is 0 Å². The highest BCUT2D eigenvalue weighted by Gasteiger charge is 2.30. The summed E-state index contributed by atoms with van der Waals surface area (Å²) in [6, 6.07) is 11.6. The van der Waals surface area contributed by atoms with Gasteiger partial charge in [0.25, 0.3) is 0 Å². The van der Waals surface area contributed by atoms with Crippen LogP contribution in [0.4, 0.5) is 24.0 Å². The zero-order valence-electron chi connectivity index (χ0n) is 18.5. The van der Waals surface area contributed by atoms with Crippen molar-refractivity contribution in [3.8, 4) is 5.75 Å². The summed E-state index contributed by atoms with van der Waals surface area (Å²) in [6.45, 7) is 1.69. The van der Waals surface area contributed by atoms with E-state index >= 15 is 0 Å². The number of nitrogens with one attached hydrogen (secondary N) is 2. The minimum Gasteiger partial charge on any atom is -0.481 e. The number of hydrogen-bond donors (Lipinski definition) is 2. The van der Waals surface area contributed by atoms with Crippen LogP contribution >= 0.6 is 11.3 Å². The SMILES string of the molecule is CCOC(=O)COc1ccccc1/C=N\NC(=O)Cc1csc(Nc2cccc(C(F)(F)F)c2)n1. The Bertz CT molecular complexity index is 1200. The summed E-state index contributed by atoms with van der Waals surface area (Å²) < 4.78 is 48.8. The molecule has 0 aliphatic carbocycles. The molecular formula is C23H21F3N4O4S. The molecule has 0 spiro atoms. The van der Waals surface area contributed by atoms with Gasteiger partial charge in [0.2, 0.25) is 5.91 Å². The van der Waals surface area contributed by atoms with Gasteiger partial charge in [-0.3, -0.25) is 4.79 Å². The molecule has 0 saturated carbocycles. The predicted molar refractivity (Wildman–Crippen MR) is 125 cm³/mol. The third-order valence-corrected chi connectivity index (χ3v) is 5.10. The minimum atomic E-state index is -4.45. The van der Waals surface area contributed by atoms with E-state index in [-0.39, 0.29) is 25.3 Å². The number of amides is 1. The van der Waals surface area contributed by atoms with E-state index < -0.39 is 23.6 Å². The van der Waals surface area contributed by atoms with Gasteiger partial charge in [-0.15, -0.1) is 11.3 Å². The standard InChI is InChI=1S/C23H21F3N4O4S/c1-2-33-21(32)13-34-19-9-4-3-6-15(19)12-27-30-20(31)11-18-14-35-22(29-18)28-17-8-5-7-16(10-17)23(24,25)26/h3-10,12,14H,2,11,13H2,1H3,(H,28,29)(H,30,31)/b27-12-. The van der Waals surface area contributed by atoms with Gasteiger partial charge in [-0.05, 0) is 37.3 Å². The number of aromatic nitrogens is 1. The van der Waals surface area contributed by atoms with E-state index in [9.17, 15) is 22.8 Å². The maximum atomic E-state index is 12.9. The summed E-state index contributed by atoms with van der Waals surface area (Å²) in [4.78, 5) is 27.9. The lowest BCUT2D eigenvalue weighted by Gasteiger charge is -2.08. The van der Waals surface area contributed by atoms with Crippen molar-refractivity contribution in [1.29, 1.82) is 0 Å². The van der Waals surface area contributed by atoms with Crippen LogP contribution in [0.1, 0.15) is 23.7 Å². The van der Waals surface area contributed by atoms with Crippen LogP contribution in [-0.4, -0.2) is 36.3 Å². The van der Waals surface area contributed by atoms with Crippen LogP contribution in [0.15, 0.2) is 59.0 Å². The number of esters is 1. The van der Waals surface area contributed by atoms with Gasteiger partial charge in [-0.25, -0.2) is 15.2 Å². The first-order chi connectivity index (χ1) is 16.7. The zero-order chi connectivity index (χ0) is 25.3. The molecule has 184 valence electrons. The lowest BCUT2D eigenvalue weighted by atomic mass is 10.2. The second-order valence-corrected chi connectivity index (χ2v) is 7.81. The van der Waals surface area contributed by atoms with E-state index in [1.165, 1.54) is 18.3 Å². The Labute approximate surface area is 202 Å². The van der Waals surface area contributed by atoms with Gasteiger partial charge in [0.1, 0.15) is 5.75 Å². The molecule has 2 N–H and O–H groups in total. The minimum absolute atomic E-state index is 0.0842. The van der Waals surface area contributed by atoms with Crippen molar-refractivity contribution in [2.75, 3.05) is 18.5 Å². The van der Waals surface area contributed by atoms with Gasteiger partial charge >= 0.3 is 12.1 Å². The number of ether oxygens (including phenoxy) is 2. The van der Waals surface area contributed by atoms with E-state index in [1.807, 2.05) is 0 Å². The Morgan fingerprint density at radius 3 is 2.74 bits per heavy atom. The zero-order valence-corrected chi connectivity index (χ0v) is 19.3. The number of para-hydroxylation sites is 1. The number of thiazole rings is 1. The van der Waals surface area contributed by atoms with Crippen molar-refractivity contribution in [2.24, 2.45) is 5.10 Å². The number of benzene rings is 2. The topological polar surface area (TPSA) is 102 Å². The Kier molecular flexibility index (Phi) is 8.79. The number of hydrogen-bond acceptors (Lipinski definition) is 8. The lowest BCUT2D eigenvalue weighted by molar-refractivity contribution is -0.145. The molecule has 0 atom stereocenters. The highest BCUT2D eigenvalue weighted by molar-refractivity contribution is 7.13. The predicted octanol–water partition coefficient (Wildman–Crippen LogP) is 4.54. The van der Waals surface area contributed by atoms with Gasteiger partial charge in [0, 0.05) is 16.6 Å². The van der Waals surface area contributed by atoms with Gasteiger partial charge < -0.3 is 14.8 Å². The van der Waals surface area contributed by atoms with Crippen molar-refractivity contribution in [3.63, 3.8) is 0 Å². The summed E-state index contributed by atoms with van der Waals surface area (Å²) in [5, 5.41) is 8.68. The normalized spacial score (nSPS) is 11.3. The van der Waals surface area contributed by atoms with Crippen molar-refractivity contribution in [3.05, 3.63) is 70.7 Å². The van der Waals surface area contributed by atoms with Crippen LogP contribution in [0, 0.1) is 0 Å². The Morgan fingerprint density at radius 1 is 1.17 bits per heavy atom. The maximum absolute atomic E-state index is 12.9. The molecule has 0 aliphatic rings. The monoisotopic (exact) mass is 506 g/mol. The molecule has 0 bridgehead atoms. The molecule has 2 aromatic carbocycles. The van der Waals surface area contributed by atoms with Crippen molar-refractivity contribution >= 4 is 40.2 Å². The molecule has 1 amide bonds. The molecule has 35 heavy (non-hydrogen) atoms. The fourth-order valence-corrected chi connectivity index (χ4v) is 3.51. The first-order valence-corrected chi connectivity index (χ1v) is 11.2. The molecule has 0 radical (unpaired) electrons. The average Bonchev–Trinajstić information content (AvgIpc) is 3.24. The first kappa shape index (κ1) is 25.7. The number of hydrazone groups is 1. The van der Waals surface area contributed by atoms with Gasteiger partial charge in [-0.1, -0.05) is 18.2 Å². The molecule has 3 rings (SSSR count). The van der Waals surface area contributed by atoms with Crippen molar-refractivity contribution < 1.29 is 32.2 Å². The quantitative estimate of drug-likeness (QED) is 0.238. The molecular weight excluding hydrogens is 485 g/mol. The average molecular weight is 507 g/mol. The smallest absolute Gasteiger partial charge is 0.416 e. The summed E-state index contributed by atoms with van der Waals surface area (Å²) in [5.74, 6) is -0.553. The fraction of sp³-hybridized carbons (Fsp3) is 0.217. The molecule has 0 fully saturated rings. The van der Waals surface area contributed by atoms with Gasteiger partial charge in [0.15, 0.2) is 11.7 Å². The van der Waals surface area contributed by atoms with E-state index in [4.69, 9.17) is 9.47 Å². The van der Waals surface area contributed by atoms with Crippen LogP contribution in [0.5, 0.6) is 5.75 Å². The molecule has 8 nitrogen and oxygen atoms in total. The molecule has 3 aromatic rings. The number of carbonyl (C=O) groups is 2. The largest absolute Gasteiger partial charge is 0.481 e. The summed E-state index contributed by atoms with van der Waals surface area (Å²) in [5.41, 5.74) is 2.81. The Balaban J connectivity index is 1.53. The van der Waals surface area contributed by atoms with E-state index in [2.05, 4.69) is 20.8 Å². The molecule has 1 heterocycles. The lowest BCUT2D eigenvalue weighted by Crippen LogP contribution is -2.20. The molecule has 0 saturated heterocycles. The Morgan fingerprint density at radius 2 is 1.97 bits per heavy atom. The van der Waals surface area contributed by atoms with Crippen LogP contribution in [0.3, 0.4) is 0 Å². The number of carbonyl (C=O) groups excluding carboxylic acids is 2.